The summed E-state index contributed by atoms with van der Waals surface area (Å²) in [4.78, 5) is 12.0. The first kappa shape index (κ1) is 15.8. The Hall–Kier alpha value is -0.570. The van der Waals surface area contributed by atoms with Crippen LogP contribution in [0.25, 0.3) is 0 Å². The number of nitrogens with one attached hydrogen (secondary N) is 2. The van der Waals surface area contributed by atoms with Gasteiger partial charge < -0.3 is 10.6 Å². The van der Waals surface area contributed by atoms with E-state index < -0.39 is 0 Å². The minimum absolute atomic E-state index is 0.146. The predicted molar refractivity (Wildman–Crippen MR) is 83.5 cm³/mol. The van der Waals surface area contributed by atoms with Crippen LogP contribution < -0.4 is 10.6 Å². The molecule has 2 rings (SSSR count). The molecule has 0 aromatic rings. The first-order valence-electron chi connectivity index (χ1n) is 8.32. The molecule has 2 bridgehead atoms. The van der Waals surface area contributed by atoms with Gasteiger partial charge in [0.1, 0.15) is 0 Å². The summed E-state index contributed by atoms with van der Waals surface area (Å²) in [6.07, 6.45) is 6.17. The molecule has 4 unspecified atom stereocenters. The average Bonchev–Trinajstić information content (AvgIpc) is 2.79. The Balaban J connectivity index is 1.86. The van der Waals surface area contributed by atoms with Gasteiger partial charge in [0, 0.05) is 12.1 Å². The summed E-state index contributed by atoms with van der Waals surface area (Å²) in [5.41, 5.74) is 0.714. The normalized spacial score (nSPS) is 36.0. The summed E-state index contributed by atoms with van der Waals surface area (Å²) < 4.78 is 0. The van der Waals surface area contributed by atoms with Crippen LogP contribution >= 0.6 is 0 Å². The van der Waals surface area contributed by atoms with Crippen molar-refractivity contribution >= 4 is 5.91 Å². The number of rotatable bonds is 6. The van der Waals surface area contributed by atoms with E-state index >= 15 is 0 Å². The lowest BCUT2D eigenvalue weighted by Gasteiger charge is -2.43. The Morgan fingerprint density at radius 1 is 1.35 bits per heavy atom. The van der Waals surface area contributed by atoms with Crippen LogP contribution in [0.2, 0.25) is 0 Å². The van der Waals surface area contributed by atoms with Crippen LogP contribution in [0.5, 0.6) is 0 Å². The number of carbonyl (C=O) groups excluding carboxylic acids is 1. The lowest BCUT2D eigenvalue weighted by atomic mass is 9.68. The standard InChI is InChI=1S/C17H32N2O/c1-6-7-12(2)19-14(20)11-18-15-16(3,4)13-8-9-17(15,5)10-13/h12-13,15,18H,6-11H2,1-5H3,(H,19,20). The lowest BCUT2D eigenvalue weighted by Crippen LogP contribution is -2.53. The SMILES string of the molecule is CCCC(C)NC(=O)CNC1C2(C)CCC(C2)C1(C)C. The van der Waals surface area contributed by atoms with Crippen molar-refractivity contribution in [1.29, 1.82) is 0 Å². The molecular weight excluding hydrogens is 248 g/mol. The van der Waals surface area contributed by atoms with E-state index in [1.807, 2.05) is 0 Å². The first-order valence-corrected chi connectivity index (χ1v) is 8.32. The molecule has 20 heavy (non-hydrogen) atoms. The van der Waals surface area contributed by atoms with Crippen molar-refractivity contribution in [1.82, 2.24) is 10.6 Å². The van der Waals surface area contributed by atoms with E-state index in [9.17, 15) is 4.79 Å². The molecule has 116 valence electrons. The van der Waals surface area contributed by atoms with Gasteiger partial charge in [0.25, 0.3) is 0 Å². The highest BCUT2D eigenvalue weighted by Gasteiger charge is 2.58. The van der Waals surface area contributed by atoms with Crippen molar-refractivity contribution in [3.63, 3.8) is 0 Å². The largest absolute Gasteiger partial charge is 0.353 e. The molecule has 2 aliphatic rings. The van der Waals surface area contributed by atoms with E-state index in [0.29, 0.717) is 23.4 Å². The van der Waals surface area contributed by atoms with Gasteiger partial charge in [-0.05, 0) is 49.4 Å². The van der Waals surface area contributed by atoms with E-state index in [-0.39, 0.29) is 11.9 Å². The molecule has 2 fully saturated rings. The second-order valence-corrected chi connectivity index (χ2v) is 7.99. The molecule has 4 atom stereocenters. The van der Waals surface area contributed by atoms with Gasteiger partial charge in [0.15, 0.2) is 0 Å². The van der Waals surface area contributed by atoms with Gasteiger partial charge in [-0.15, -0.1) is 0 Å². The third kappa shape index (κ3) is 2.88. The van der Waals surface area contributed by atoms with E-state index in [2.05, 4.69) is 45.3 Å². The molecule has 3 nitrogen and oxygen atoms in total. The summed E-state index contributed by atoms with van der Waals surface area (Å²) >= 11 is 0. The molecule has 0 aliphatic heterocycles. The molecule has 0 aromatic carbocycles. The maximum atomic E-state index is 12.0. The molecule has 2 aliphatic carbocycles. The van der Waals surface area contributed by atoms with Crippen molar-refractivity contribution in [2.75, 3.05) is 6.54 Å². The maximum absolute atomic E-state index is 12.0. The monoisotopic (exact) mass is 280 g/mol. The Morgan fingerprint density at radius 2 is 2.05 bits per heavy atom. The van der Waals surface area contributed by atoms with Gasteiger partial charge >= 0.3 is 0 Å². The van der Waals surface area contributed by atoms with Crippen LogP contribution in [-0.2, 0) is 4.79 Å². The molecule has 0 radical (unpaired) electrons. The molecular formula is C17H32N2O. The molecule has 0 heterocycles. The summed E-state index contributed by atoms with van der Waals surface area (Å²) in [5.74, 6) is 0.972. The van der Waals surface area contributed by atoms with Gasteiger partial charge in [0.2, 0.25) is 5.91 Å². The van der Waals surface area contributed by atoms with Gasteiger partial charge in [-0.1, -0.05) is 34.1 Å². The summed E-state index contributed by atoms with van der Waals surface area (Å²) in [6.45, 7) is 11.8. The number of amides is 1. The first-order chi connectivity index (χ1) is 9.29. The summed E-state index contributed by atoms with van der Waals surface area (Å²) in [6, 6.07) is 0.763. The average molecular weight is 280 g/mol. The van der Waals surface area contributed by atoms with Gasteiger partial charge in [-0.3, -0.25) is 4.79 Å². The number of carbonyl (C=O) groups is 1. The summed E-state index contributed by atoms with van der Waals surface area (Å²) in [5, 5.41) is 6.67. The summed E-state index contributed by atoms with van der Waals surface area (Å²) in [7, 11) is 0. The van der Waals surface area contributed by atoms with Crippen LogP contribution in [0.15, 0.2) is 0 Å². The lowest BCUT2D eigenvalue weighted by molar-refractivity contribution is -0.121. The van der Waals surface area contributed by atoms with Crippen molar-refractivity contribution in [2.45, 2.75) is 78.8 Å². The minimum atomic E-state index is 0.146. The third-order valence-electron chi connectivity index (χ3n) is 5.87. The topological polar surface area (TPSA) is 41.1 Å². The van der Waals surface area contributed by atoms with Crippen molar-refractivity contribution < 1.29 is 4.79 Å². The third-order valence-corrected chi connectivity index (χ3v) is 5.87. The molecule has 1 amide bonds. The molecule has 2 N–H and O–H groups in total. The molecule has 0 saturated heterocycles. The van der Waals surface area contributed by atoms with E-state index in [4.69, 9.17) is 0 Å². The number of fused-ring (bicyclic) bond motifs is 2. The zero-order valence-electron chi connectivity index (χ0n) is 13.9. The van der Waals surface area contributed by atoms with Gasteiger partial charge in [-0.25, -0.2) is 0 Å². The second-order valence-electron chi connectivity index (χ2n) is 7.99. The smallest absolute Gasteiger partial charge is 0.234 e. The fraction of sp³-hybridized carbons (Fsp3) is 0.941. The van der Waals surface area contributed by atoms with Crippen LogP contribution in [0.1, 0.15) is 66.7 Å². The second kappa shape index (κ2) is 5.67. The molecule has 0 aromatic heterocycles. The van der Waals surface area contributed by atoms with E-state index in [0.717, 1.165) is 18.8 Å². The number of hydrogen-bond acceptors (Lipinski definition) is 2. The Kier molecular flexibility index (Phi) is 4.48. The van der Waals surface area contributed by atoms with Gasteiger partial charge in [0.05, 0.1) is 6.54 Å². The fourth-order valence-electron chi connectivity index (χ4n) is 4.84. The van der Waals surface area contributed by atoms with Crippen LogP contribution in [0, 0.1) is 16.7 Å². The van der Waals surface area contributed by atoms with Crippen LogP contribution in [0.3, 0.4) is 0 Å². The van der Waals surface area contributed by atoms with Crippen LogP contribution in [-0.4, -0.2) is 24.5 Å². The highest BCUT2D eigenvalue weighted by Crippen LogP contribution is 2.62. The van der Waals surface area contributed by atoms with Crippen molar-refractivity contribution in [3.05, 3.63) is 0 Å². The van der Waals surface area contributed by atoms with Crippen molar-refractivity contribution in [3.8, 4) is 0 Å². The zero-order chi connectivity index (χ0) is 15.0. The zero-order valence-corrected chi connectivity index (χ0v) is 13.9. The highest BCUT2D eigenvalue weighted by atomic mass is 16.1. The Labute approximate surface area is 124 Å². The molecule has 0 spiro atoms. The quantitative estimate of drug-likeness (QED) is 0.785. The predicted octanol–water partition coefficient (Wildman–Crippen LogP) is 3.10. The van der Waals surface area contributed by atoms with E-state index in [1.54, 1.807) is 0 Å². The highest BCUT2D eigenvalue weighted by molar-refractivity contribution is 5.78. The minimum Gasteiger partial charge on any atom is -0.353 e. The Morgan fingerprint density at radius 3 is 2.60 bits per heavy atom. The van der Waals surface area contributed by atoms with E-state index in [1.165, 1.54) is 19.3 Å². The fourth-order valence-corrected chi connectivity index (χ4v) is 4.84. The maximum Gasteiger partial charge on any atom is 0.234 e. The molecule has 2 saturated carbocycles. The van der Waals surface area contributed by atoms with Crippen molar-refractivity contribution in [2.24, 2.45) is 16.7 Å². The van der Waals surface area contributed by atoms with Gasteiger partial charge in [-0.2, -0.15) is 0 Å². The number of hydrogen-bond donors (Lipinski definition) is 2. The molecule has 3 heteroatoms. The Bertz CT molecular complexity index is 361. The van der Waals surface area contributed by atoms with Crippen LogP contribution in [0.4, 0.5) is 0 Å².